The van der Waals surface area contributed by atoms with Crippen molar-refractivity contribution < 1.29 is 9.32 Å². The Balaban J connectivity index is 1.82. The predicted octanol–water partition coefficient (Wildman–Crippen LogP) is 0.632. The van der Waals surface area contributed by atoms with E-state index in [-0.39, 0.29) is 12.3 Å². The number of nitrogens with one attached hydrogen (secondary N) is 1. The van der Waals surface area contributed by atoms with Gasteiger partial charge in [0.15, 0.2) is 5.82 Å². The fourth-order valence-corrected chi connectivity index (χ4v) is 1.31. The van der Waals surface area contributed by atoms with Gasteiger partial charge in [-0.3, -0.25) is 9.78 Å². The van der Waals surface area contributed by atoms with Gasteiger partial charge in [0.1, 0.15) is 6.42 Å². The molecule has 0 radical (unpaired) electrons. The molecule has 2 aromatic heterocycles. The van der Waals surface area contributed by atoms with Crippen molar-refractivity contribution in [3.05, 3.63) is 41.8 Å². The first-order valence-corrected chi connectivity index (χ1v) is 5.19. The Bertz CT molecular complexity index is 495. The zero-order valence-electron chi connectivity index (χ0n) is 9.38. The van der Waals surface area contributed by atoms with Gasteiger partial charge in [0.25, 0.3) is 0 Å². The Morgan fingerprint density at radius 2 is 2.18 bits per heavy atom. The molecular weight excluding hydrogens is 220 g/mol. The van der Waals surface area contributed by atoms with Crippen LogP contribution in [0.1, 0.15) is 17.3 Å². The van der Waals surface area contributed by atoms with Crippen LogP contribution in [0.4, 0.5) is 0 Å². The van der Waals surface area contributed by atoms with Crippen molar-refractivity contribution in [2.24, 2.45) is 0 Å². The second-order valence-corrected chi connectivity index (χ2v) is 3.54. The van der Waals surface area contributed by atoms with E-state index in [0.717, 1.165) is 5.56 Å². The van der Waals surface area contributed by atoms with Gasteiger partial charge in [-0.15, -0.1) is 0 Å². The van der Waals surface area contributed by atoms with Crippen molar-refractivity contribution in [3.63, 3.8) is 0 Å². The molecule has 0 bridgehead atoms. The maximum absolute atomic E-state index is 11.5. The summed E-state index contributed by atoms with van der Waals surface area (Å²) in [6.45, 7) is 2.18. The molecule has 6 nitrogen and oxygen atoms in total. The smallest absolute Gasteiger partial charge is 0.236 e. The highest BCUT2D eigenvalue weighted by Crippen LogP contribution is 1.98. The van der Waals surface area contributed by atoms with Gasteiger partial charge in [-0.25, -0.2) is 0 Å². The molecule has 0 saturated heterocycles. The molecule has 0 fully saturated rings. The molecule has 2 rings (SSSR count). The fraction of sp³-hybridized carbons (Fsp3) is 0.273. The summed E-state index contributed by atoms with van der Waals surface area (Å²) < 4.78 is 4.86. The second-order valence-electron chi connectivity index (χ2n) is 3.54. The zero-order valence-corrected chi connectivity index (χ0v) is 9.38. The van der Waals surface area contributed by atoms with Crippen molar-refractivity contribution >= 4 is 5.91 Å². The van der Waals surface area contributed by atoms with Crippen LogP contribution in [0.15, 0.2) is 29.0 Å². The summed E-state index contributed by atoms with van der Waals surface area (Å²) in [5.74, 6) is 0.710. The minimum atomic E-state index is -0.148. The lowest BCUT2D eigenvalue weighted by Gasteiger charge is -2.02. The van der Waals surface area contributed by atoms with Gasteiger partial charge in [0.2, 0.25) is 11.8 Å². The van der Waals surface area contributed by atoms with E-state index in [2.05, 4.69) is 20.4 Å². The van der Waals surface area contributed by atoms with Gasteiger partial charge in [0, 0.05) is 18.9 Å². The number of nitrogens with zero attached hydrogens (tertiary/aromatic N) is 3. The largest absolute Gasteiger partial charge is 0.352 e. The van der Waals surface area contributed by atoms with E-state index in [9.17, 15) is 4.79 Å². The van der Waals surface area contributed by atoms with Gasteiger partial charge in [-0.05, 0) is 24.6 Å². The number of carbonyl (C=O) groups is 1. The van der Waals surface area contributed by atoms with Gasteiger partial charge < -0.3 is 9.84 Å². The van der Waals surface area contributed by atoms with Crippen LogP contribution in [-0.4, -0.2) is 21.0 Å². The maximum Gasteiger partial charge on any atom is 0.236 e. The molecule has 0 spiro atoms. The molecule has 0 aliphatic rings. The van der Waals surface area contributed by atoms with E-state index in [1.165, 1.54) is 0 Å². The number of rotatable bonds is 4. The van der Waals surface area contributed by atoms with Crippen LogP contribution >= 0.6 is 0 Å². The molecule has 88 valence electrons. The Morgan fingerprint density at radius 3 is 2.82 bits per heavy atom. The standard InChI is InChI=1S/C11H12N4O2/c1-8-14-11(17-15-8)6-10(16)13-7-9-2-4-12-5-3-9/h2-5H,6-7H2,1H3,(H,13,16). The van der Waals surface area contributed by atoms with Crippen molar-refractivity contribution in [3.8, 4) is 0 Å². The lowest BCUT2D eigenvalue weighted by atomic mass is 10.2. The third kappa shape index (κ3) is 3.37. The molecule has 2 heterocycles. The van der Waals surface area contributed by atoms with E-state index < -0.39 is 0 Å². The Hall–Kier alpha value is -2.24. The summed E-state index contributed by atoms with van der Waals surface area (Å²) in [7, 11) is 0. The minimum Gasteiger partial charge on any atom is -0.352 e. The Morgan fingerprint density at radius 1 is 1.41 bits per heavy atom. The topological polar surface area (TPSA) is 80.9 Å². The molecule has 0 aromatic carbocycles. The number of carbonyl (C=O) groups excluding carboxylic acids is 1. The molecule has 0 aliphatic carbocycles. The predicted molar refractivity (Wildman–Crippen MR) is 58.8 cm³/mol. The molecule has 1 amide bonds. The van der Waals surface area contributed by atoms with E-state index in [4.69, 9.17) is 4.52 Å². The van der Waals surface area contributed by atoms with Gasteiger partial charge in [0.05, 0.1) is 0 Å². The average molecular weight is 232 g/mol. The highest BCUT2D eigenvalue weighted by Gasteiger charge is 2.08. The Labute approximate surface area is 98.1 Å². The fourth-order valence-electron chi connectivity index (χ4n) is 1.31. The van der Waals surface area contributed by atoms with Gasteiger partial charge in [-0.1, -0.05) is 5.16 Å². The summed E-state index contributed by atoms with van der Waals surface area (Å²) in [5, 5.41) is 6.38. The summed E-state index contributed by atoms with van der Waals surface area (Å²) in [6.07, 6.45) is 3.47. The molecule has 17 heavy (non-hydrogen) atoms. The van der Waals surface area contributed by atoms with Crippen LogP contribution in [0, 0.1) is 6.92 Å². The van der Waals surface area contributed by atoms with Crippen molar-refractivity contribution in [1.29, 1.82) is 0 Å². The lowest BCUT2D eigenvalue weighted by molar-refractivity contribution is -0.120. The summed E-state index contributed by atoms with van der Waals surface area (Å²) in [6, 6.07) is 3.69. The first-order valence-electron chi connectivity index (χ1n) is 5.19. The SMILES string of the molecule is Cc1noc(CC(=O)NCc2ccncc2)n1. The van der Waals surface area contributed by atoms with Crippen LogP contribution in [0.3, 0.4) is 0 Å². The second kappa shape index (κ2) is 5.20. The molecule has 6 heteroatoms. The van der Waals surface area contributed by atoms with E-state index in [0.29, 0.717) is 18.3 Å². The molecule has 0 unspecified atom stereocenters. The maximum atomic E-state index is 11.5. The number of aryl methyl sites for hydroxylation is 1. The lowest BCUT2D eigenvalue weighted by Crippen LogP contribution is -2.24. The molecular formula is C11H12N4O2. The third-order valence-corrected chi connectivity index (χ3v) is 2.12. The number of pyridine rings is 1. The zero-order chi connectivity index (χ0) is 12.1. The van der Waals surface area contributed by atoms with Crippen molar-refractivity contribution in [2.75, 3.05) is 0 Å². The minimum absolute atomic E-state index is 0.103. The third-order valence-electron chi connectivity index (χ3n) is 2.12. The van der Waals surface area contributed by atoms with Gasteiger partial charge >= 0.3 is 0 Å². The number of hydrogen-bond donors (Lipinski definition) is 1. The van der Waals surface area contributed by atoms with Crippen LogP contribution in [0.5, 0.6) is 0 Å². The highest BCUT2D eigenvalue weighted by molar-refractivity contribution is 5.77. The Kier molecular flexibility index (Phi) is 3.44. The highest BCUT2D eigenvalue weighted by atomic mass is 16.5. The van der Waals surface area contributed by atoms with Crippen molar-refractivity contribution in [2.45, 2.75) is 19.9 Å². The van der Waals surface area contributed by atoms with Gasteiger partial charge in [-0.2, -0.15) is 4.98 Å². The number of aromatic nitrogens is 3. The van der Waals surface area contributed by atoms with E-state index in [1.54, 1.807) is 19.3 Å². The van der Waals surface area contributed by atoms with Crippen LogP contribution < -0.4 is 5.32 Å². The van der Waals surface area contributed by atoms with Crippen LogP contribution in [0.25, 0.3) is 0 Å². The molecule has 1 N–H and O–H groups in total. The average Bonchev–Trinajstić information content (AvgIpc) is 2.73. The quantitative estimate of drug-likeness (QED) is 0.836. The number of amides is 1. The van der Waals surface area contributed by atoms with Crippen molar-refractivity contribution in [1.82, 2.24) is 20.4 Å². The van der Waals surface area contributed by atoms with Crippen LogP contribution in [-0.2, 0) is 17.8 Å². The van der Waals surface area contributed by atoms with E-state index in [1.807, 2.05) is 12.1 Å². The summed E-state index contributed by atoms with van der Waals surface area (Å²) in [5.41, 5.74) is 0.995. The normalized spacial score (nSPS) is 10.2. The first kappa shape index (κ1) is 11.3. The van der Waals surface area contributed by atoms with Crippen LogP contribution in [0.2, 0.25) is 0 Å². The monoisotopic (exact) mass is 232 g/mol. The van der Waals surface area contributed by atoms with E-state index >= 15 is 0 Å². The first-order chi connectivity index (χ1) is 8.24. The molecule has 0 atom stereocenters. The molecule has 0 aliphatic heterocycles. The molecule has 0 saturated carbocycles. The molecule has 2 aromatic rings. The number of hydrogen-bond acceptors (Lipinski definition) is 5. The summed E-state index contributed by atoms with van der Waals surface area (Å²) in [4.78, 5) is 19.4. The summed E-state index contributed by atoms with van der Waals surface area (Å²) >= 11 is 0.